The summed E-state index contributed by atoms with van der Waals surface area (Å²) in [5.41, 5.74) is 1.15. The van der Waals surface area contributed by atoms with Crippen molar-refractivity contribution in [2.45, 2.75) is 39.9 Å². The van der Waals surface area contributed by atoms with Gasteiger partial charge >= 0.3 is 6.09 Å². The van der Waals surface area contributed by atoms with E-state index in [2.05, 4.69) is 15.3 Å². The van der Waals surface area contributed by atoms with Crippen LogP contribution in [0.5, 0.6) is 0 Å². The van der Waals surface area contributed by atoms with E-state index < -0.39 is 11.7 Å². The summed E-state index contributed by atoms with van der Waals surface area (Å²) in [5, 5.41) is 11.8. The molecule has 0 aromatic carbocycles. The number of aromatic nitrogens is 3. The number of carbonyl (C=O) groups is 1. The van der Waals surface area contributed by atoms with Crippen molar-refractivity contribution in [3.05, 3.63) is 23.8 Å². The molecule has 0 bridgehead atoms. The van der Waals surface area contributed by atoms with Gasteiger partial charge in [-0.15, -0.1) is 0 Å². The Hall–Kier alpha value is -2.15. The molecular formula is C13H18N4O3. The molecule has 2 heterocycles. The molecule has 0 radical (unpaired) electrons. The fraction of sp³-hybridized carbons (Fsp3) is 0.462. The predicted octanol–water partition coefficient (Wildman–Crippen LogP) is 1.88. The second-order valence-corrected chi connectivity index (χ2v) is 5.47. The average Bonchev–Trinajstić information content (AvgIpc) is 2.66. The van der Waals surface area contributed by atoms with Gasteiger partial charge in [0, 0.05) is 6.20 Å². The van der Waals surface area contributed by atoms with Gasteiger partial charge in [-0.25, -0.2) is 9.78 Å². The zero-order chi connectivity index (χ0) is 14.9. The summed E-state index contributed by atoms with van der Waals surface area (Å²) in [4.78, 5) is 20.1. The van der Waals surface area contributed by atoms with Crippen molar-refractivity contribution in [1.82, 2.24) is 14.4 Å². The molecule has 20 heavy (non-hydrogen) atoms. The van der Waals surface area contributed by atoms with Gasteiger partial charge in [-0.2, -0.15) is 0 Å². The lowest BCUT2D eigenvalue weighted by Crippen LogP contribution is -2.27. The summed E-state index contributed by atoms with van der Waals surface area (Å²) >= 11 is 0. The molecule has 2 aromatic heterocycles. The Bertz CT molecular complexity index is 643. The van der Waals surface area contributed by atoms with Gasteiger partial charge in [0.1, 0.15) is 11.3 Å². The molecule has 0 saturated heterocycles. The normalized spacial score (nSPS) is 11.7. The monoisotopic (exact) mass is 278 g/mol. The van der Waals surface area contributed by atoms with E-state index in [0.29, 0.717) is 17.2 Å². The lowest BCUT2D eigenvalue weighted by Gasteiger charge is -2.18. The van der Waals surface area contributed by atoms with E-state index in [1.807, 2.05) is 6.92 Å². The summed E-state index contributed by atoms with van der Waals surface area (Å²) in [7, 11) is 0. The molecular weight excluding hydrogens is 260 g/mol. The Balaban J connectivity index is 2.26. The van der Waals surface area contributed by atoms with Gasteiger partial charge in [-0.3, -0.25) is 10.3 Å². The fourth-order valence-corrected chi connectivity index (χ4v) is 1.77. The number of aryl methyl sites for hydroxylation is 1. The lowest BCUT2D eigenvalue weighted by atomic mass is 10.2. The summed E-state index contributed by atoms with van der Waals surface area (Å²) in [6.07, 6.45) is 2.84. The van der Waals surface area contributed by atoms with E-state index in [1.54, 1.807) is 37.6 Å². The molecule has 0 aliphatic carbocycles. The number of nitrogens with zero attached hydrogens (tertiary/aromatic N) is 3. The molecule has 108 valence electrons. The largest absolute Gasteiger partial charge is 0.444 e. The van der Waals surface area contributed by atoms with Crippen molar-refractivity contribution in [3.63, 3.8) is 0 Å². The SMILES string of the molecule is Cc1cn2cc(NC(=O)OC(C)(C)C)nc2c(CO)n1. The predicted molar refractivity (Wildman–Crippen MR) is 73.5 cm³/mol. The first-order chi connectivity index (χ1) is 9.28. The number of aliphatic hydroxyl groups is 1. The third-order valence-electron chi connectivity index (χ3n) is 2.41. The minimum absolute atomic E-state index is 0.214. The van der Waals surface area contributed by atoms with Crippen LogP contribution >= 0.6 is 0 Å². The van der Waals surface area contributed by atoms with Crippen LogP contribution in [-0.4, -0.2) is 31.2 Å². The molecule has 0 spiro atoms. The molecule has 0 fully saturated rings. The average molecular weight is 278 g/mol. The van der Waals surface area contributed by atoms with Crippen molar-refractivity contribution >= 4 is 17.6 Å². The number of imidazole rings is 1. The summed E-state index contributed by atoms with van der Waals surface area (Å²) in [6.45, 7) is 6.96. The van der Waals surface area contributed by atoms with Crippen LogP contribution in [0.15, 0.2) is 12.4 Å². The summed E-state index contributed by atoms with van der Waals surface area (Å²) in [5.74, 6) is 0.348. The molecule has 0 saturated carbocycles. The number of ether oxygens (including phenoxy) is 1. The molecule has 0 aliphatic rings. The topological polar surface area (TPSA) is 88.8 Å². The van der Waals surface area contributed by atoms with Crippen LogP contribution in [0.4, 0.5) is 10.6 Å². The van der Waals surface area contributed by atoms with Gasteiger partial charge < -0.3 is 14.2 Å². The molecule has 2 rings (SSSR count). The van der Waals surface area contributed by atoms with Crippen molar-refractivity contribution in [1.29, 1.82) is 0 Å². The van der Waals surface area contributed by atoms with E-state index in [1.165, 1.54) is 0 Å². The van der Waals surface area contributed by atoms with Crippen LogP contribution in [-0.2, 0) is 11.3 Å². The third kappa shape index (κ3) is 3.24. The molecule has 7 heteroatoms. The Morgan fingerprint density at radius 2 is 2.10 bits per heavy atom. The first kappa shape index (κ1) is 14.3. The number of nitrogens with one attached hydrogen (secondary N) is 1. The van der Waals surface area contributed by atoms with Crippen LogP contribution in [0.3, 0.4) is 0 Å². The quantitative estimate of drug-likeness (QED) is 0.875. The first-order valence-electron chi connectivity index (χ1n) is 6.24. The van der Waals surface area contributed by atoms with Crippen molar-refractivity contribution in [3.8, 4) is 0 Å². The van der Waals surface area contributed by atoms with Crippen molar-refractivity contribution in [2.75, 3.05) is 5.32 Å². The highest BCUT2D eigenvalue weighted by molar-refractivity contribution is 5.84. The Morgan fingerprint density at radius 3 is 2.70 bits per heavy atom. The molecule has 7 nitrogen and oxygen atoms in total. The van der Waals surface area contributed by atoms with E-state index >= 15 is 0 Å². The molecule has 1 amide bonds. The zero-order valence-electron chi connectivity index (χ0n) is 12.0. The number of amides is 1. The maximum atomic E-state index is 11.7. The zero-order valence-corrected chi connectivity index (χ0v) is 12.0. The van der Waals surface area contributed by atoms with Gasteiger partial charge in [0.15, 0.2) is 11.5 Å². The standard InChI is InChI=1S/C13H18N4O3/c1-8-5-17-6-10(15-11(17)9(7-18)14-8)16-12(19)20-13(2,3)4/h5-6,18H,7H2,1-4H3,(H,16,19). The highest BCUT2D eigenvalue weighted by Gasteiger charge is 2.17. The second kappa shape index (κ2) is 5.09. The summed E-state index contributed by atoms with van der Waals surface area (Å²) < 4.78 is 6.86. The maximum absolute atomic E-state index is 11.7. The maximum Gasteiger partial charge on any atom is 0.413 e. The number of fused-ring (bicyclic) bond motifs is 1. The highest BCUT2D eigenvalue weighted by atomic mass is 16.6. The molecule has 0 unspecified atom stereocenters. The number of anilines is 1. The van der Waals surface area contributed by atoms with Gasteiger partial charge in [0.05, 0.1) is 18.5 Å². The van der Waals surface area contributed by atoms with Crippen LogP contribution in [0, 0.1) is 6.92 Å². The fourth-order valence-electron chi connectivity index (χ4n) is 1.77. The van der Waals surface area contributed by atoms with Crippen LogP contribution in [0.25, 0.3) is 5.65 Å². The number of hydrogen-bond donors (Lipinski definition) is 2. The van der Waals surface area contributed by atoms with Crippen LogP contribution < -0.4 is 5.32 Å². The molecule has 0 atom stereocenters. The molecule has 0 aliphatic heterocycles. The number of aliphatic hydroxyl groups excluding tert-OH is 1. The van der Waals surface area contributed by atoms with Crippen molar-refractivity contribution in [2.24, 2.45) is 0 Å². The van der Waals surface area contributed by atoms with Crippen LogP contribution in [0.1, 0.15) is 32.2 Å². The molecule has 2 N–H and O–H groups in total. The van der Waals surface area contributed by atoms with Gasteiger partial charge in [0.25, 0.3) is 0 Å². The lowest BCUT2D eigenvalue weighted by molar-refractivity contribution is 0.0635. The first-order valence-corrected chi connectivity index (χ1v) is 6.24. The smallest absolute Gasteiger partial charge is 0.413 e. The number of rotatable bonds is 2. The minimum Gasteiger partial charge on any atom is -0.444 e. The highest BCUT2D eigenvalue weighted by Crippen LogP contribution is 2.15. The number of hydrogen-bond acceptors (Lipinski definition) is 5. The third-order valence-corrected chi connectivity index (χ3v) is 2.41. The Labute approximate surface area is 116 Å². The van der Waals surface area contributed by atoms with Gasteiger partial charge in [0.2, 0.25) is 0 Å². The Kier molecular flexibility index (Phi) is 3.63. The van der Waals surface area contributed by atoms with E-state index in [0.717, 1.165) is 5.69 Å². The summed E-state index contributed by atoms with van der Waals surface area (Å²) in [6, 6.07) is 0. The van der Waals surface area contributed by atoms with Crippen molar-refractivity contribution < 1.29 is 14.6 Å². The van der Waals surface area contributed by atoms with E-state index in [-0.39, 0.29) is 6.61 Å². The Morgan fingerprint density at radius 1 is 1.40 bits per heavy atom. The van der Waals surface area contributed by atoms with Crippen LogP contribution in [0.2, 0.25) is 0 Å². The second-order valence-electron chi connectivity index (χ2n) is 5.47. The van der Waals surface area contributed by atoms with Gasteiger partial charge in [-0.05, 0) is 27.7 Å². The van der Waals surface area contributed by atoms with E-state index in [9.17, 15) is 9.90 Å². The van der Waals surface area contributed by atoms with E-state index in [4.69, 9.17) is 4.74 Å². The van der Waals surface area contributed by atoms with Gasteiger partial charge in [-0.1, -0.05) is 0 Å². The molecule has 2 aromatic rings. The number of carbonyl (C=O) groups excluding carboxylic acids is 1. The minimum atomic E-state index is -0.573.